The summed E-state index contributed by atoms with van der Waals surface area (Å²) in [7, 11) is 0. The zero-order valence-corrected chi connectivity index (χ0v) is 11.9. The van der Waals surface area contributed by atoms with Gasteiger partial charge in [-0.25, -0.2) is 0 Å². The Morgan fingerprint density at radius 3 is 2.53 bits per heavy atom. The van der Waals surface area contributed by atoms with Crippen LogP contribution in [-0.2, 0) is 13.0 Å². The van der Waals surface area contributed by atoms with Crippen molar-refractivity contribution in [3.05, 3.63) is 52.8 Å². The lowest BCUT2D eigenvalue weighted by atomic mass is 10.0. The quantitative estimate of drug-likeness (QED) is 0.639. The Morgan fingerprint density at radius 1 is 1.26 bits per heavy atom. The summed E-state index contributed by atoms with van der Waals surface area (Å²) in [5.74, 6) is 5.71. The molecule has 3 N–H and O–H groups in total. The summed E-state index contributed by atoms with van der Waals surface area (Å²) >= 11 is 0. The zero-order valence-electron chi connectivity index (χ0n) is 11.9. The van der Waals surface area contributed by atoms with Crippen LogP contribution in [0.25, 0.3) is 0 Å². The van der Waals surface area contributed by atoms with Crippen LogP contribution < -0.4 is 11.3 Å². The minimum Gasteiger partial charge on any atom is -0.271 e. The predicted molar refractivity (Wildman–Crippen MR) is 77.6 cm³/mol. The fourth-order valence-electron chi connectivity index (χ4n) is 2.32. The number of nitrogens with two attached hydrogens (primary N) is 1. The standard InChI is InChI=1S/C15H22N4/c1-4-19-14(9-12(3)18-19)10-15(17-16)13-7-5-11(2)6-8-13/h5-9,15,17H,4,10,16H2,1-3H3. The summed E-state index contributed by atoms with van der Waals surface area (Å²) in [6, 6.07) is 10.7. The number of hydrogen-bond acceptors (Lipinski definition) is 3. The van der Waals surface area contributed by atoms with Crippen LogP contribution in [0, 0.1) is 13.8 Å². The van der Waals surface area contributed by atoms with Crippen LogP contribution >= 0.6 is 0 Å². The molecule has 0 amide bonds. The summed E-state index contributed by atoms with van der Waals surface area (Å²) in [6.45, 7) is 7.09. The minimum absolute atomic E-state index is 0.113. The summed E-state index contributed by atoms with van der Waals surface area (Å²) in [6.07, 6.45) is 0.842. The van der Waals surface area contributed by atoms with Gasteiger partial charge in [-0.3, -0.25) is 16.0 Å². The largest absolute Gasteiger partial charge is 0.271 e. The zero-order chi connectivity index (χ0) is 13.8. The van der Waals surface area contributed by atoms with Gasteiger partial charge in [0.25, 0.3) is 0 Å². The minimum atomic E-state index is 0.113. The molecule has 0 radical (unpaired) electrons. The van der Waals surface area contributed by atoms with E-state index in [2.05, 4.69) is 54.7 Å². The highest BCUT2D eigenvalue weighted by Crippen LogP contribution is 2.19. The van der Waals surface area contributed by atoms with Gasteiger partial charge in [0, 0.05) is 18.7 Å². The van der Waals surface area contributed by atoms with E-state index in [9.17, 15) is 0 Å². The molecular formula is C15H22N4. The van der Waals surface area contributed by atoms with Gasteiger partial charge in [-0.1, -0.05) is 29.8 Å². The molecule has 1 heterocycles. The highest BCUT2D eigenvalue weighted by atomic mass is 15.3. The number of aryl methyl sites for hydroxylation is 3. The van der Waals surface area contributed by atoms with E-state index in [1.807, 2.05) is 11.6 Å². The number of nitrogens with zero attached hydrogens (tertiary/aromatic N) is 2. The van der Waals surface area contributed by atoms with E-state index in [0.717, 1.165) is 18.7 Å². The Bertz CT molecular complexity index is 528. The maximum Gasteiger partial charge on any atom is 0.0596 e. The van der Waals surface area contributed by atoms with Gasteiger partial charge in [-0.15, -0.1) is 0 Å². The summed E-state index contributed by atoms with van der Waals surface area (Å²) < 4.78 is 2.04. The van der Waals surface area contributed by atoms with Crippen molar-refractivity contribution in [2.75, 3.05) is 0 Å². The lowest BCUT2D eigenvalue weighted by Crippen LogP contribution is -2.30. The van der Waals surface area contributed by atoms with Crippen LogP contribution in [0.15, 0.2) is 30.3 Å². The molecule has 4 heteroatoms. The first-order valence-electron chi connectivity index (χ1n) is 6.70. The molecule has 1 unspecified atom stereocenters. The first-order chi connectivity index (χ1) is 9.13. The molecule has 0 saturated carbocycles. The van der Waals surface area contributed by atoms with E-state index in [-0.39, 0.29) is 6.04 Å². The van der Waals surface area contributed by atoms with Crippen LogP contribution in [0.5, 0.6) is 0 Å². The predicted octanol–water partition coefficient (Wildman–Crippen LogP) is 2.27. The van der Waals surface area contributed by atoms with E-state index in [1.165, 1.54) is 16.8 Å². The molecule has 0 spiro atoms. The topological polar surface area (TPSA) is 55.9 Å². The third kappa shape index (κ3) is 3.22. The number of hydrogen-bond donors (Lipinski definition) is 2. The normalized spacial score (nSPS) is 12.6. The van der Waals surface area contributed by atoms with Gasteiger partial charge in [0.05, 0.1) is 11.7 Å². The molecule has 1 atom stereocenters. The van der Waals surface area contributed by atoms with Gasteiger partial charge < -0.3 is 0 Å². The maximum absolute atomic E-state index is 5.71. The number of nitrogens with one attached hydrogen (secondary N) is 1. The molecule has 102 valence electrons. The van der Waals surface area contributed by atoms with Crippen molar-refractivity contribution < 1.29 is 0 Å². The molecule has 1 aromatic carbocycles. The van der Waals surface area contributed by atoms with Gasteiger partial charge in [0.15, 0.2) is 0 Å². The first kappa shape index (κ1) is 13.8. The Balaban J connectivity index is 2.21. The molecule has 4 nitrogen and oxygen atoms in total. The molecule has 2 rings (SSSR count). The molecular weight excluding hydrogens is 236 g/mol. The Morgan fingerprint density at radius 2 is 1.95 bits per heavy atom. The monoisotopic (exact) mass is 258 g/mol. The lowest BCUT2D eigenvalue weighted by molar-refractivity contribution is 0.517. The summed E-state index contributed by atoms with van der Waals surface area (Å²) in [5.41, 5.74) is 7.63. The Hall–Kier alpha value is -1.65. The average molecular weight is 258 g/mol. The van der Waals surface area contributed by atoms with E-state index >= 15 is 0 Å². The first-order valence-corrected chi connectivity index (χ1v) is 6.70. The van der Waals surface area contributed by atoms with Crippen molar-refractivity contribution in [2.45, 2.75) is 39.8 Å². The van der Waals surface area contributed by atoms with Crippen LogP contribution in [-0.4, -0.2) is 9.78 Å². The van der Waals surface area contributed by atoms with E-state index in [0.29, 0.717) is 0 Å². The van der Waals surface area contributed by atoms with Gasteiger partial charge in [0.1, 0.15) is 0 Å². The van der Waals surface area contributed by atoms with Crippen molar-refractivity contribution in [1.29, 1.82) is 0 Å². The Labute approximate surface area is 114 Å². The van der Waals surface area contributed by atoms with Crippen molar-refractivity contribution in [3.8, 4) is 0 Å². The van der Waals surface area contributed by atoms with Gasteiger partial charge in [-0.2, -0.15) is 5.10 Å². The van der Waals surface area contributed by atoms with Crippen LogP contribution in [0.2, 0.25) is 0 Å². The number of rotatable bonds is 5. The Kier molecular flexibility index (Phi) is 4.35. The van der Waals surface area contributed by atoms with Crippen LogP contribution in [0.1, 0.15) is 35.5 Å². The fraction of sp³-hybridized carbons (Fsp3) is 0.400. The SMILES string of the molecule is CCn1nc(C)cc1CC(NN)c1ccc(C)cc1. The van der Waals surface area contributed by atoms with Crippen molar-refractivity contribution in [2.24, 2.45) is 5.84 Å². The molecule has 0 aliphatic heterocycles. The third-order valence-electron chi connectivity index (χ3n) is 3.38. The van der Waals surface area contributed by atoms with E-state index < -0.39 is 0 Å². The molecule has 19 heavy (non-hydrogen) atoms. The van der Waals surface area contributed by atoms with Crippen molar-refractivity contribution in [3.63, 3.8) is 0 Å². The third-order valence-corrected chi connectivity index (χ3v) is 3.38. The van der Waals surface area contributed by atoms with Gasteiger partial charge in [0.2, 0.25) is 0 Å². The summed E-state index contributed by atoms with van der Waals surface area (Å²) in [5, 5.41) is 4.47. The van der Waals surface area contributed by atoms with E-state index in [4.69, 9.17) is 5.84 Å². The molecule has 0 fully saturated rings. The maximum atomic E-state index is 5.71. The van der Waals surface area contributed by atoms with Gasteiger partial charge in [-0.05, 0) is 32.4 Å². The molecule has 1 aromatic heterocycles. The molecule has 0 aliphatic rings. The highest BCUT2D eigenvalue weighted by molar-refractivity contribution is 5.25. The van der Waals surface area contributed by atoms with Gasteiger partial charge >= 0.3 is 0 Å². The second-order valence-corrected chi connectivity index (χ2v) is 4.93. The molecule has 0 saturated heterocycles. The molecule has 0 bridgehead atoms. The van der Waals surface area contributed by atoms with Crippen molar-refractivity contribution in [1.82, 2.24) is 15.2 Å². The van der Waals surface area contributed by atoms with E-state index in [1.54, 1.807) is 0 Å². The summed E-state index contributed by atoms with van der Waals surface area (Å²) in [4.78, 5) is 0. The van der Waals surface area contributed by atoms with Crippen molar-refractivity contribution >= 4 is 0 Å². The average Bonchev–Trinajstić information content (AvgIpc) is 2.77. The second-order valence-electron chi connectivity index (χ2n) is 4.93. The highest BCUT2D eigenvalue weighted by Gasteiger charge is 2.14. The smallest absolute Gasteiger partial charge is 0.0596 e. The fourth-order valence-corrected chi connectivity index (χ4v) is 2.32. The van der Waals surface area contributed by atoms with Crippen LogP contribution in [0.3, 0.4) is 0 Å². The molecule has 0 aliphatic carbocycles. The lowest BCUT2D eigenvalue weighted by Gasteiger charge is -2.17. The second kappa shape index (κ2) is 5.99. The number of aromatic nitrogens is 2. The number of benzene rings is 1. The number of hydrazine groups is 1. The molecule has 2 aromatic rings. The van der Waals surface area contributed by atoms with Crippen LogP contribution in [0.4, 0.5) is 0 Å².